The van der Waals surface area contributed by atoms with E-state index in [1.807, 2.05) is 0 Å². The fourth-order valence-corrected chi connectivity index (χ4v) is 2.95. The van der Waals surface area contributed by atoms with Gasteiger partial charge in [0.2, 0.25) is 5.95 Å². The number of rotatable bonds is 4. The molecule has 0 atom stereocenters. The Morgan fingerprint density at radius 2 is 1.81 bits per heavy atom. The molecule has 138 valence electrons. The summed E-state index contributed by atoms with van der Waals surface area (Å²) in [6.45, 7) is 6.53. The van der Waals surface area contributed by atoms with Gasteiger partial charge in [0.15, 0.2) is 0 Å². The van der Waals surface area contributed by atoms with Gasteiger partial charge in [-0.25, -0.2) is 4.98 Å². The molecule has 2 N–H and O–H groups in total. The van der Waals surface area contributed by atoms with E-state index in [-0.39, 0.29) is 28.1 Å². The molecule has 6 heteroatoms. The molecule has 26 heavy (non-hydrogen) atoms. The number of anilines is 1. The fourth-order valence-electron chi connectivity index (χ4n) is 2.95. The van der Waals surface area contributed by atoms with Crippen LogP contribution in [0.5, 0.6) is 0 Å². The van der Waals surface area contributed by atoms with Crippen molar-refractivity contribution >= 4 is 11.9 Å². The molecule has 2 aromatic rings. The second kappa shape index (κ2) is 6.27. The lowest BCUT2D eigenvalue weighted by Crippen LogP contribution is -2.36. The van der Waals surface area contributed by atoms with E-state index in [0.29, 0.717) is 5.95 Å². The predicted octanol–water partition coefficient (Wildman–Crippen LogP) is 2.55. The van der Waals surface area contributed by atoms with E-state index < -0.39 is 0 Å². The molecule has 0 aliphatic heterocycles. The molecule has 3 rings (SSSR count). The summed E-state index contributed by atoms with van der Waals surface area (Å²) in [4.78, 5) is 33.0. The Kier molecular flexibility index (Phi) is 4.38. The van der Waals surface area contributed by atoms with Crippen molar-refractivity contribution in [3.05, 3.63) is 57.5 Å². The Hall–Kier alpha value is -2.63. The number of carbonyl (C=O) groups is 1. The van der Waals surface area contributed by atoms with Crippen LogP contribution in [0.3, 0.4) is 0 Å². The Morgan fingerprint density at radius 3 is 2.31 bits per heavy atom. The van der Waals surface area contributed by atoms with Gasteiger partial charge in [0, 0.05) is 20.2 Å². The Bertz CT molecular complexity index is 872. The van der Waals surface area contributed by atoms with Crippen LogP contribution >= 0.6 is 0 Å². The minimum absolute atomic E-state index is 0.0933. The topological polar surface area (TPSA) is 78.1 Å². The second-order valence-electron chi connectivity index (χ2n) is 8.21. The quantitative estimate of drug-likeness (QED) is 0.884. The maximum absolute atomic E-state index is 12.7. The Balaban J connectivity index is 1.82. The lowest BCUT2D eigenvalue weighted by molar-refractivity contribution is 0.0925. The highest BCUT2D eigenvalue weighted by Gasteiger charge is 2.46. The summed E-state index contributed by atoms with van der Waals surface area (Å²) in [6, 6.07) is 9.66. The molecular weight excluding hydrogens is 328 g/mol. The first-order chi connectivity index (χ1) is 12.1. The smallest absolute Gasteiger partial charge is 0.270 e. The molecule has 6 nitrogen and oxygen atoms in total. The van der Waals surface area contributed by atoms with Gasteiger partial charge in [0.25, 0.3) is 11.5 Å². The number of nitrogens with zero attached hydrogens (tertiary/aromatic N) is 2. The summed E-state index contributed by atoms with van der Waals surface area (Å²) in [5.41, 5.74) is 1.89. The van der Waals surface area contributed by atoms with E-state index in [2.05, 4.69) is 60.3 Å². The van der Waals surface area contributed by atoms with Crippen LogP contribution in [0.15, 0.2) is 35.1 Å². The normalized spacial score (nSPS) is 15.4. The number of aromatic amines is 1. The van der Waals surface area contributed by atoms with Crippen molar-refractivity contribution in [2.45, 2.75) is 44.6 Å². The molecule has 0 saturated heterocycles. The van der Waals surface area contributed by atoms with Gasteiger partial charge in [-0.3, -0.25) is 14.6 Å². The van der Waals surface area contributed by atoms with Crippen LogP contribution in [0.1, 0.15) is 55.2 Å². The molecule has 1 amide bonds. The molecule has 1 fully saturated rings. The first-order valence-corrected chi connectivity index (χ1v) is 8.83. The molecule has 0 radical (unpaired) electrons. The highest BCUT2D eigenvalue weighted by atomic mass is 16.2. The van der Waals surface area contributed by atoms with Crippen LogP contribution in [0, 0.1) is 0 Å². The van der Waals surface area contributed by atoms with Crippen molar-refractivity contribution in [1.29, 1.82) is 0 Å². The molecule has 1 aromatic heterocycles. The van der Waals surface area contributed by atoms with E-state index in [4.69, 9.17) is 0 Å². The van der Waals surface area contributed by atoms with Gasteiger partial charge in [-0.1, -0.05) is 45.0 Å². The lowest BCUT2D eigenvalue weighted by atomic mass is 9.86. The molecule has 0 bridgehead atoms. The van der Waals surface area contributed by atoms with Gasteiger partial charge in [-0.15, -0.1) is 0 Å². The van der Waals surface area contributed by atoms with Gasteiger partial charge < -0.3 is 10.2 Å². The average Bonchev–Trinajstić information content (AvgIpc) is 3.34. The highest BCUT2D eigenvalue weighted by Crippen LogP contribution is 2.46. The summed E-state index contributed by atoms with van der Waals surface area (Å²) in [6.07, 6.45) is 1.77. The van der Waals surface area contributed by atoms with Crippen LogP contribution in [0.25, 0.3) is 0 Å². The van der Waals surface area contributed by atoms with Crippen LogP contribution in [-0.4, -0.2) is 30.0 Å². The summed E-state index contributed by atoms with van der Waals surface area (Å²) >= 11 is 0. The van der Waals surface area contributed by atoms with Crippen molar-refractivity contribution in [2.75, 3.05) is 19.0 Å². The Morgan fingerprint density at radius 1 is 1.19 bits per heavy atom. The SMILES string of the molecule is CN(C)c1nc(C(=O)NC2(c3ccc(C(C)(C)C)cc3)CC2)cc(=O)[nH]1. The molecule has 1 heterocycles. The van der Waals surface area contributed by atoms with Gasteiger partial charge in [0.05, 0.1) is 5.54 Å². The third-order valence-corrected chi connectivity index (χ3v) is 4.79. The summed E-state index contributed by atoms with van der Waals surface area (Å²) < 4.78 is 0. The minimum atomic E-state index is -0.351. The molecular formula is C20H26N4O2. The number of hydrogen-bond donors (Lipinski definition) is 2. The zero-order valence-electron chi connectivity index (χ0n) is 16.0. The fraction of sp³-hybridized carbons (Fsp3) is 0.450. The number of H-pyrrole nitrogens is 1. The van der Waals surface area contributed by atoms with Crippen LogP contribution < -0.4 is 15.8 Å². The van der Waals surface area contributed by atoms with Gasteiger partial charge in [0.1, 0.15) is 5.69 Å². The van der Waals surface area contributed by atoms with E-state index in [9.17, 15) is 9.59 Å². The van der Waals surface area contributed by atoms with Gasteiger partial charge in [-0.05, 0) is 29.4 Å². The summed E-state index contributed by atoms with van der Waals surface area (Å²) in [5, 5.41) is 3.08. The van der Waals surface area contributed by atoms with Crippen molar-refractivity contribution in [3.63, 3.8) is 0 Å². The third-order valence-electron chi connectivity index (χ3n) is 4.79. The van der Waals surface area contributed by atoms with Crippen LogP contribution in [0.4, 0.5) is 5.95 Å². The minimum Gasteiger partial charge on any atom is -0.348 e. The van der Waals surface area contributed by atoms with E-state index in [1.165, 1.54) is 11.6 Å². The molecule has 1 aliphatic carbocycles. The maximum Gasteiger partial charge on any atom is 0.270 e. The lowest BCUT2D eigenvalue weighted by Gasteiger charge is -2.22. The number of hydrogen-bond acceptors (Lipinski definition) is 4. The van der Waals surface area contributed by atoms with Crippen molar-refractivity contribution in [1.82, 2.24) is 15.3 Å². The van der Waals surface area contributed by atoms with E-state index in [1.54, 1.807) is 19.0 Å². The van der Waals surface area contributed by atoms with Gasteiger partial charge >= 0.3 is 0 Å². The predicted molar refractivity (Wildman–Crippen MR) is 103 cm³/mol. The number of nitrogens with one attached hydrogen (secondary N) is 2. The summed E-state index contributed by atoms with van der Waals surface area (Å²) in [5.74, 6) is 0.0404. The summed E-state index contributed by atoms with van der Waals surface area (Å²) in [7, 11) is 3.53. The molecule has 0 spiro atoms. The van der Waals surface area contributed by atoms with Crippen LogP contribution in [-0.2, 0) is 11.0 Å². The molecule has 0 unspecified atom stereocenters. The Labute approximate surface area is 153 Å². The largest absolute Gasteiger partial charge is 0.348 e. The first-order valence-electron chi connectivity index (χ1n) is 8.83. The zero-order chi connectivity index (χ0) is 19.1. The first kappa shape index (κ1) is 18.2. The monoisotopic (exact) mass is 354 g/mol. The number of carbonyl (C=O) groups excluding carboxylic acids is 1. The number of benzene rings is 1. The number of aromatic nitrogens is 2. The van der Waals surface area contributed by atoms with E-state index in [0.717, 1.165) is 18.4 Å². The second-order valence-corrected chi connectivity index (χ2v) is 8.21. The van der Waals surface area contributed by atoms with E-state index >= 15 is 0 Å². The van der Waals surface area contributed by atoms with Crippen molar-refractivity contribution in [3.8, 4) is 0 Å². The molecule has 1 saturated carbocycles. The average molecular weight is 354 g/mol. The van der Waals surface area contributed by atoms with Crippen molar-refractivity contribution < 1.29 is 4.79 Å². The highest BCUT2D eigenvalue weighted by molar-refractivity contribution is 5.93. The van der Waals surface area contributed by atoms with Crippen LogP contribution in [0.2, 0.25) is 0 Å². The zero-order valence-corrected chi connectivity index (χ0v) is 16.0. The third kappa shape index (κ3) is 3.64. The van der Waals surface area contributed by atoms with Gasteiger partial charge in [-0.2, -0.15) is 0 Å². The maximum atomic E-state index is 12.7. The number of amides is 1. The molecule has 1 aliphatic rings. The van der Waals surface area contributed by atoms with Crippen molar-refractivity contribution in [2.24, 2.45) is 0 Å². The standard InChI is InChI=1S/C20H26N4O2/c1-19(2,3)13-6-8-14(9-7-13)20(10-11-20)23-17(26)15-12-16(25)22-18(21-15)24(4)5/h6-9,12H,10-11H2,1-5H3,(H,23,26)(H,21,22,25). The molecule has 1 aromatic carbocycles.